The Kier molecular flexibility index (Phi) is 3.49. The molecular formula is C11H12ClN3OS. The van der Waals surface area contributed by atoms with Crippen molar-refractivity contribution in [1.29, 1.82) is 0 Å². The Morgan fingerprint density at radius 1 is 1.59 bits per heavy atom. The first kappa shape index (κ1) is 12.1. The molecule has 0 aromatic carbocycles. The number of halogens is 1. The first-order chi connectivity index (χ1) is 8.13. The van der Waals surface area contributed by atoms with E-state index < -0.39 is 0 Å². The molecule has 0 radical (unpaired) electrons. The number of nitrogens with zero attached hydrogens (tertiary/aromatic N) is 2. The summed E-state index contributed by atoms with van der Waals surface area (Å²) in [5.41, 5.74) is 0. The molecule has 1 N–H and O–H groups in total. The molecule has 1 atom stereocenters. The van der Waals surface area contributed by atoms with E-state index in [1.54, 1.807) is 19.4 Å². The monoisotopic (exact) mass is 269 g/mol. The highest BCUT2D eigenvalue weighted by molar-refractivity contribution is 7.19. The lowest BCUT2D eigenvalue weighted by Gasteiger charge is -2.13. The number of aromatic nitrogens is 2. The van der Waals surface area contributed by atoms with Crippen molar-refractivity contribution in [1.82, 2.24) is 14.9 Å². The Bertz CT molecular complexity index is 534. The van der Waals surface area contributed by atoms with Crippen molar-refractivity contribution in [3.05, 3.63) is 28.9 Å². The average molecular weight is 270 g/mol. The topological polar surface area (TPSA) is 46.9 Å². The first-order valence-electron chi connectivity index (χ1n) is 5.13. The van der Waals surface area contributed by atoms with Crippen LogP contribution in [-0.4, -0.2) is 22.5 Å². The maximum atomic E-state index is 11.6. The summed E-state index contributed by atoms with van der Waals surface area (Å²) in [6, 6.07) is 3.44. The molecule has 0 aliphatic carbocycles. The number of hydrogen-bond donors (Lipinski definition) is 1. The number of amides is 1. The summed E-state index contributed by atoms with van der Waals surface area (Å²) in [5.74, 6) is 0.713. The van der Waals surface area contributed by atoms with Gasteiger partial charge in [-0.3, -0.25) is 4.79 Å². The number of likely N-dealkylation sites (N-methyl/N-ethyl adjacent to an activating group) is 1. The molecule has 2 aromatic rings. The molecule has 1 amide bonds. The highest BCUT2D eigenvalue weighted by Gasteiger charge is 2.18. The van der Waals surface area contributed by atoms with Crippen LogP contribution in [0.4, 0.5) is 0 Å². The molecule has 17 heavy (non-hydrogen) atoms. The maximum absolute atomic E-state index is 11.6. The quantitative estimate of drug-likeness (QED) is 0.931. The van der Waals surface area contributed by atoms with E-state index in [9.17, 15) is 4.79 Å². The minimum atomic E-state index is -0.293. The smallest absolute Gasteiger partial charge is 0.242 e. The summed E-state index contributed by atoms with van der Waals surface area (Å²) in [7, 11) is 1.62. The van der Waals surface area contributed by atoms with Gasteiger partial charge in [0.1, 0.15) is 6.04 Å². The number of imidazole rings is 1. The second kappa shape index (κ2) is 4.89. The summed E-state index contributed by atoms with van der Waals surface area (Å²) >= 11 is 7.35. The number of thiophene rings is 1. The molecule has 0 spiro atoms. The van der Waals surface area contributed by atoms with Gasteiger partial charge in [0.15, 0.2) is 5.82 Å². The molecule has 0 fully saturated rings. The number of carbonyl (C=O) groups is 1. The van der Waals surface area contributed by atoms with Crippen molar-refractivity contribution in [3.8, 4) is 10.7 Å². The van der Waals surface area contributed by atoms with E-state index in [1.165, 1.54) is 11.3 Å². The third-order valence-corrected chi connectivity index (χ3v) is 3.73. The molecule has 0 aliphatic rings. The molecule has 0 saturated carbocycles. The second-order valence-corrected chi connectivity index (χ2v) is 5.27. The molecule has 4 nitrogen and oxygen atoms in total. The van der Waals surface area contributed by atoms with Crippen molar-refractivity contribution < 1.29 is 4.79 Å². The Labute approximate surface area is 108 Å². The van der Waals surface area contributed by atoms with Crippen LogP contribution < -0.4 is 5.32 Å². The summed E-state index contributed by atoms with van der Waals surface area (Å²) < 4.78 is 2.54. The van der Waals surface area contributed by atoms with Crippen LogP contribution >= 0.6 is 22.9 Å². The zero-order chi connectivity index (χ0) is 12.4. The van der Waals surface area contributed by atoms with Crippen LogP contribution in [0.3, 0.4) is 0 Å². The van der Waals surface area contributed by atoms with Gasteiger partial charge in [0.2, 0.25) is 5.91 Å². The fourth-order valence-electron chi connectivity index (χ4n) is 1.59. The first-order valence-corrected chi connectivity index (χ1v) is 6.33. The lowest BCUT2D eigenvalue weighted by atomic mass is 10.3. The highest BCUT2D eigenvalue weighted by atomic mass is 35.5. The number of carbonyl (C=O) groups excluding carboxylic acids is 1. The fraction of sp³-hybridized carbons (Fsp3) is 0.273. The van der Waals surface area contributed by atoms with E-state index in [0.29, 0.717) is 4.34 Å². The van der Waals surface area contributed by atoms with Crippen LogP contribution in [0.1, 0.15) is 13.0 Å². The normalized spacial score (nSPS) is 12.4. The van der Waals surface area contributed by atoms with Crippen molar-refractivity contribution in [2.45, 2.75) is 13.0 Å². The summed E-state index contributed by atoms with van der Waals surface area (Å²) in [6.45, 7) is 1.83. The van der Waals surface area contributed by atoms with E-state index in [-0.39, 0.29) is 11.9 Å². The van der Waals surface area contributed by atoms with Crippen LogP contribution in [0.25, 0.3) is 10.7 Å². The molecule has 90 valence electrons. The fourth-order valence-corrected chi connectivity index (χ4v) is 2.63. The van der Waals surface area contributed by atoms with E-state index >= 15 is 0 Å². The maximum Gasteiger partial charge on any atom is 0.242 e. The molecule has 2 rings (SSSR count). The number of hydrogen-bond acceptors (Lipinski definition) is 3. The van der Waals surface area contributed by atoms with Gasteiger partial charge >= 0.3 is 0 Å². The van der Waals surface area contributed by atoms with Gasteiger partial charge in [0.25, 0.3) is 0 Å². The third kappa shape index (κ3) is 2.35. The van der Waals surface area contributed by atoms with Gasteiger partial charge in [-0.1, -0.05) is 11.6 Å². The number of nitrogens with one attached hydrogen (secondary N) is 1. The standard InChI is InChI=1S/C11H12ClN3OS/c1-7(11(16)13-2)15-6-5-14-10(15)8-3-4-9(12)17-8/h3-7H,1-2H3,(H,13,16). The van der Waals surface area contributed by atoms with E-state index in [1.807, 2.05) is 23.6 Å². The van der Waals surface area contributed by atoms with Crippen molar-refractivity contribution in [3.63, 3.8) is 0 Å². The zero-order valence-corrected chi connectivity index (χ0v) is 11.0. The van der Waals surface area contributed by atoms with Crippen LogP contribution in [0.15, 0.2) is 24.5 Å². The Morgan fingerprint density at radius 3 is 2.94 bits per heavy atom. The van der Waals surface area contributed by atoms with E-state index in [2.05, 4.69) is 10.3 Å². The molecule has 0 aliphatic heterocycles. The lowest BCUT2D eigenvalue weighted by molar-refractivity contribution is -0.123. The van der Waals surface area contributed by atoms with Crippen LogP contribution in [0, 0.1) is 0 Å². The van der Waals surface area contributed by atoms with Gasteiger partial charge in [0.05, 0.1) is 9.21 Å². The summed E-state index contributed by atoms with van der Waals surface area (Å²) in [6.07, 6.45) is 3.48. The largest absolute Gasteiger partial charge is 0.357 e. The lowest BCUT2D eigenvalue weighted by Crippen LogP contribution is -2.27. The average Bonchev–Trinajstić information content (AvgIpc) is 2.94. The van der Waals surface area contributed by atoms with Crippen LogP contribution in [-0.2, 0) is 4.79 Å². The minimum absolute atomic E-state index is 0.0492. The molecule has 2 heterocycles. The van der Waals surface area contributed by atoms with Crippen molar-refractivity contribution >= 4 is 28.8 Å². The SMILES string of the molecule is CNC(=O)C(C)n1ccnc1-c1ccc(Cl)s1. The molecule has 1 unspecified atom stereocenters. The van der Waals surface area contributed by atoms with E-state index in [0.717, 1.165) is 10.7 Å². The summed E-state index contributed by atoms with van der Waals surface area (Å²) in [5, 5.41) is 2.63. The molecule has 0 bridgehead atoms. The van der Waals surface area contributed by atoms with Gasteiger partial charge in [-0.05, 0) is 19.1 Å². The van der Waals surface area contributed by atoms with Crippen LogP contribution in [0.2, 0.25) is 4.34 Å². The van der Waals surface area contributed by atoms with E-state index in [4.69, 9.17) is 11.6 Å². The zero-order valence-electron chi connectivity index (χ0n) is 9.48. The molecular weight excluding hydrogens is 258 g/mol. The molecule has 0 saturated heterocycles. The highest BCUT2D eigenvalue weighted by Crippen LogP contribution is 2.31. The minimum Gasteiger partial charge on any atom is -0.357 e. The van der Waals surface area contributed by atoms with Crippen molar-refractivity contribution in [2.24, 2.45) is 0 Å². The Morgan fingerprint density at radius 2 is 2.35 bits per heavy atom. The Balaban J connectivity index is 2.38. The Hall–Kier alpha value is -1.33. The second-order valence-electron chi connectivity index (χ2n) is 3.55. The molecule has 6 heteroatoms. The summed E-state index contributed by atoms with van der Waals surface area (Å²) in [4.78, 5) is 16.8. The van der Waals surface area contributed by atoms with Gasteiger partial charge in [-0.25, -0.2) is 4.98 Å². The van der Waals surface area contributed by atoms with Gasteiger partial charge in [-0.15, -0.1) is 11.3 Å². The molecule has 2 aromatic heterocycles. The predicted molar refractivity (Wildman–Crippen MR) is 69.3 cm³/mol. The number of rotatable bonds is 3. The van der Waals surface area contributed by atoms with Crippen LogP contribution in [0.5, 0.6) is 0 Å². The van der Waals surface area contributed by atoms with Gasteiger partial charge < -0.3 is 9.88 Å². The third-order valence-electron chi connectivity index (χ3n) is 2.51. The van der Waals surface area contributed by atoms with Gasteiger partial charge in [0, 0.05) is 19.4 Å². The predicted octanol–water partition coefficient (Wildman–Crippen LogP) is 2.57. The van der Waals surface area contributed by atoms with Crippen molar-refractivity contribution in [2.75, 3.05) is 7.05 Å². The van der Waals surface area contributed by atoms with Gasteiger partial charge in [-0.2, -0.15) is 0 Å².